The average Bonchev–Trinajstić information content (AvgIpc) is 2.51. The van der Waals surface area contributed by atoms with Crippen LogP contribution in [0.3, 0.4) is 0 Å². The zero-order valence-electron chi connectivity index (χ0n) is 13.7. The first-order valence-electron chi connectivity index (χ1n) is 8.30. The fourth-order valence-electron chi connectivity index (χ4n) is 3.64. The zero-order valence-corrected chi connectivity index (χ0v) is 13.7. The summed E-state index contributed by atoms with van der Waals surface area (Å²) in [5.41, 5.74) is 0.815. The van der Waals surface area contributed by atoms with Gasteiger partial charge >= 0.3 is 0 Å². The molecule has 2 N–H and O–H groups in total. The summed E-state index contributed by atoms with van der Waals surface area (Å²) in [4.78, 5) is 2.56. The Labute approximate surface area is 129 Å². The van der Waals surface area contributed by atoms with Crippen molar-refractivity contribution in [1.29, 1.82) is 0 Å². The zero-order chi connectivity index (χ0) is 15.3. The Kier molecular flexibility index (Phi) is 5.80. The van der Waals surface area contributed by atoms with E-state index in [1.165, 1.54) is 24.8 Å². The number of hydrogen-bond acceptors (Lipinski definition) is 3. The molecule has 1 aliphatic heterocycles. The van der Waals surface area contributed by atoms with Crippen LogP contribution in [0, 0.1) is 0 Å². The lowest BCUT2D eigenvalue weighted by Gasteiger charge is -2.45. The Morgan fingerprint density at radius 1 is 1.19 bits per heavy atom. The lowest BCUT2D eigenvalue weighted by molar-refractivity contribution is 0.0397. The Morgan fingerprint density at radius 2 is 1.81 bits per heavy atom. The van der Waals surface area contributed by atoms with Crippen molar-refractivity contribution in [2.75, 3.05) is 19.7 Å². The molecule has 0 aliphatic carbocycles. The van der Waals surface area contributed by atoms with E-state index in [4.69, 9.17) is 0 Å². The van der Waals surface area contributed by atoms with E-state index in [9.17, 15) is 5.11 Å². The fraction of sp³-hybridized carbons (Fsp3) is 0.667. The minimum atomic E-state index is -0.365. The summed E-state index contributed by atoms with van der Waals surface area (Å²) >= 11 is 0. The molecule has 21 heavy (non-hydrogen) atoms. The van der Waals surface area contributed by atoms with Crippen molar-refractivity contribution in [2.24, 2.45) is 0 Å². The van der Waals surface area contributed by atoms with E-state index in [0.717, 1.165) is 13.1 Å². The Morgan fingerprint density at radius 3 is 2.33 bits per heavy atom. The highest BCUT2D eigenvalue weighted by atomic mass is 16.3. The summed E-state index contributed by atoms with van der Waals surface area (Å²) in [7, 11) is 0. The van der Waals surface area contributed by atoms with Gasteiger partial charge in [-0.25, -0.2) is 0 Å². The molecular weight excluding hydrogens is 260 g/mol. The number of nitrogens with zero attached hydrogens (tertiary/aromatic N) is 1. The predicted molar refractivity (Wildman–Crippen MR) is 88.4 cm³/mol. The van der Waals surface area contributed by atoms with Crippen LogP contribution < -0.4 is 5.32 Å². The van der Waals surface area contributed by atoms with Crippen LogP contribution in [0.2, 0.25) is 0 Å². The third-order valence-electron chi connectivity index (χ3n) is 4.94. The molecule has 3 nitrogen and oxygen atoms in total. The number of hydrogen-bond donors (Lipinski definition) is 2. The summed E-state index contributed by atoms with van der Waals surface area (Å²) in [6.45, 7) is 8.58. The first-order chi connectivity index (χ1) is 10.1. The van der Waals surface area contributed by atoms with Gasteiger partial charge in [-0.05, 0) is 38.8 Å². The van der Waals surface area contributed by atoms with Crippen LogP contribution in [-0.4, -0.2) is 41.8 Å². The maximum absolute atomic E-state index is 10.2. The Hall–Kier alpha value is -0.900. The van der Waals surface area contributed by atoms with Gasteiger partial charge in [0.05, 0.1) is 12.1 Å². The smallest absolute Gasteiger partial charge is 0.0798 e. The number of likely N-dealkylation sites (tertiary alicyclic amines) is 1. The van der Waals surface area contributed by atoms with Gasteiger partial charge in [0.25, 0.3) is 0 Å². The molecule has 3 unspecified atom stereocenters. The van der Waals surface area contributed by atoms with Crippen molar-refractivity contribution in [1.82, 2.24) is 10.2 Å². The lowest BCUT2D eigenvalue weighted by Crippen LogP contribution is -2.58. The van der Waals surface area contributed by atoms with Gasteiger partial charge in [-0.2, -0.15) is 0 Å². The van der Waals surface area contributed by atoms with Crippen molar-refractivity contribution < 1.29 is 5.11 Å². The van der Waals surface area contributed by atoms with Crippen LogP contribution in [0.4, 0.5) is 0 Å². The number of benzene rings is 1. The number of rotatable bonds is 6. The van der Waals surface area contributed by atoms with Crippen LogP contribution in [0.5, 0.6) is 0 Å². The van der Waals surface area contributed by atoms with E-state index < -0.39 is 0 Å². The highest BCUT2D eigenvalue weighted by Crippen LogP contribution is 2.29. The molecule has 3 heteroatoms. The average molecular weight is 290 g/mol. The first kappa shape index (κ1) is 16.5. The molecule has 0 saturated carbocycles. The second kappa shape index (κ2) is 7.39. The molecule has 1 aliphatic rings. The minimum Gasteiger partial charge on any atom is -0.394 e. The van der Waals surface area contributed by atoms with Gasteiger partial charge < -0.3 is 10.4 Å². The quantitative estimate of drug-likeness (QED) is 0.845. The number of aliphatic hydroxyl groups excluding tert-OH is 1. The van der Waals surface area contributed by atoms with Crippen molar-refractivity contribution >= 4 is 0 Å². The van der Waals surface area contributed by atoms with Crippen LogP contribution in [0.15, 0.2) is 30.3 Å². The topological polar surface area (TPSA) is 35.5 Å². The summed E-state index contributed by atoms with van der Waals surface area (Å²) < 4.78 is 0. The fourth-order valence-corrected chi connectivity index (χ4v) is 3.64. The molecule has 1 aromatic rings. The molecule has 0 amide bonds. The largest absolute Gasteiger partial charge is 0.394 e. The predicted octanol–water partition coefficient (Wildman–Crippen LogP) is 2.75. The van der Waals surface area contributed by atoms with E-state index in [0.29, 0.717) is 12.1 Å². The van der Waals surface area contributed by atoms with Crippen molar-refractivity contribution in [3.8, 4) is 0 Å². The molecule has 0 bridgehead atoms. The summed E-state index contributed by atoms with van der Waals surface area (Å²) in [6, 6.07) is 11.6. The maximum atomic E-state index is 10.2. The number of likely N-dealkylation sites (N-methyl/N-ethyl adjacent to an activating group) is 1. The van der Waals surface area contributed by atoms with E-state index in [1.54, 1.807) is 0 Å². The van der Waals surface area contributed by atoms with Gasteiger partial charge in [0, 0.05) is 18.6 Å². The molecule has 1 aromatic carbocycles. The van der Waals surface area contributed by atoms with Gasteiger partial charge in [0.1, 0.15) is 0 Å². The van der Waals surface area contributed by atoms with Gasteiger partial charge in [-0.1, -0.05) is 43.7 Å². The minimum absolute atomic E-state index is 0.126. The van der Waals surface area contributed by atoms with E-state index in [-0.39, 0.29) is 12.1 Å². The number of piperidine rings is 1. The molecule has 1 heterocycles. The SMILES string of the molecule is CCNC(CO)(CN1C(C)CCCC1C)c1ccccc1. The Bertz CT molecular complexity index is 412. The standard InChI is InChI=1S/C18H30N2O/c1-4-19-18(14-21,17-11-6-5-7-12-17)13-20-15(2)9-8-10-16(20)3/h5-7,11-12,15-16,19,21H,4,8-10,13-14H2,1-3H3. The van der Waals surface area contributed by atoms with Gasteiger partial charge in [0.2, 0.25) is 0 Å². The monoisotopic (exact) mass is 290 g/mol. The second-order valence-electron chi connectivity index (χ2n) is 6.44. The van der Waals surface area contributed by atoms with Crippen LogP contribution in [-0.2, 0) is 5.54 Å². The van der Waals surface area contributed by atoms with E-state index in [2.05, 4.69) is 55.3 Å². The Balaban J connectivity index is 2.27. The van der Waals surface area contributed by atoms with Crippen molar-refractivity contribution in [2.45, 2.75) is 57.7 Å². The summed E-state index contributed by atoms with van der Waals surface area (Å²) in [5, 5.41) is 13.7. The molecule has 1 fully saturated rings. The highest BCUT2D eigenvalue weighted by molar-refractivity contribution is 5.25. The molecule has 0 radical (unpaired) electrons. The third kappa shape index (κ3) is 3.65. The summed E-state index contributed by atoms with van der Waals surface area (Å²) in [5.74, 6) is 0. The lowest BCUT2D eigenvalue weighted by atomic mass is 9.87. The third-order valence-corrected chi connectivity index (χ3v) is 4.94. The normalized spacial score (nSPS) is 26.5. The molecular formula is C18H30N2O. The van der Waals surface area contributed by atoms with Gasteiger partial charge in [-0.15, -0.1) is 0 Å². The molecule has 3 atom stereocenters. The van der Waals surface area contributed by atoms with E-state index in [1.807, 2.05) is 6.07 Å². The van der Waals surface area contributed by atoms with Crippen LogP contribution in [0.1, 0.15) is 45.6 Å². The molecule has 0 aromatic heterocycles. The van der Waals surface area contributed by atoms with Crippen molar-refractivity contribution in [3.05, 3.63) is 35.9 Å². The number of aliphatic hydroxyl groups is 1. The molecule has 1 saturated heterocycles. The first-order valence-corrected chi connectivity index (χ1v) is 8.30. The van der Waals surface area contributed by atoms with Crippen molar-refractivity contribution in [3.63, 3.8) is 0 Å². The van der Waals surface area contributed by atoms with Crippen LogP contribution >= 0.6 is 0 Å². The van der Waals surface area contributed by atoms with E-state index >= 15 is 0 Å². The summed E-state index contributed by atoms with van der Waals surface area (Å²) in [6.07, 6.45) is 3.83. The molecule has 2 rings (SSSR count). The second-order valence-corrected chi connectivity index (χ2v) is 6.44. The van der Waals surface area contributed by atoms with Gasteiger partial charge in [-0.3, -0.25) is 4.90 Å². The van der Waals surface area contributed by atoms with Gasteiger partial charge in [0.15, 0.2) is 0 Å². The molecule has 118 valence electrons. The molecule has 0 spiro atoms. The maximum Gasteiger partial charge on any atom is 0.0798 e. The highest BCUT2D eigenvalue weighted by Gasteiger charge is 2.36. The number of nitrogens with one attached hydrogen (secondary N) is 1. The van der Waals surface area contributed by atoms with Crippen LogP contribution in [0.25, 0.3) is 0 Å².